The Hall–Kier alpha value is -1.38. The molecular weight excluding hydrogens is 168 g/mol. The van der Waals surface area contributed by atoms with E-state index in [1.54, 1.807) is 6.07 Å². The molecule has 0 saturated heterocycles. The summed E-state index contributed by atoms with van der Waals surface area (Å²) in [6.45, 7) is 4.33. The summed E-state index contributed by atoms with van der Waals surface area (Å²) in [7, 11) is 0. The molecule has 0 fully saturated rings. The number of rotatable bonds is 1. The van der Waals surface area contributed by atoms with Crippen LogP contribution in [0.3, 0.4) is 0 Å². The molecule has 0 atom stereocenters. The summed E-state index contributed by atoms with van der Waals surface area (Å²) >= 11 is 0. The topological polar surface area (TPSA) is 38.7 Å². The van der Waals surface area contributed by atoms with E-state index in [-0.39, 0.29) is 12.5 Å². The van der Waals surface area contributed by atoms with E-state index in [2.05, 4.69) is 13.8 Å². The molecule has 0 unspecified atom stereocenters. The van der Waals surface area contributed by atoms with Gasteiger partial charge in [-0.3, -0.25) is 0 Å². The van der Waals surface area contributed by atoms with Crippen LogP contribution in [-0.4, -0.2) is 11.9 Å². The van der Waals surface area contributed by atoms with Crippen molar-refractivity contribution in [2.24, 2.45) is 0 Å². The van der Waals surface area contributed by atoms with E-state index in [1.165, 1.54) is 0 Å². The average molecular weight is 180 g/mol. The van der Waals surface area contributed by atoms with Crippen molar-refractivity contribution in [3.8, 4) is 17.2 Å². The van der Waals surface area contributed by atoms with Gasteiger partial charge >= 0.3 is 0 Å². The van der Waals surface area contributed by atoms with E-state index < -0.39 is 0 Å². The van der Waals surface area contributed by atoms with Crippen LogP contribution in [0.4, 0.5) is 0 Å². The van der Waals surface area contributed by atoms with Crippen molar-refractivity contribution < 1.29 is 14.6 Å². The lowest BCUT2D eigenvalue weighted by Gasteiger charge is -2.07. The molecule has 1 aliphatic rings. The van der Waals surface area contributed by atoms with Gasteiger partial charge in [0.25, 0.3) is 0 Å². The normalized spacial score (nSPS) is 13.8. The Balaban J connectivity index is 2.49. The van der Waals surface area contributed by atoms with Crippen molar-refractivity contribution in [2.75, 3.05) is 6.79 Å². The maximum Gasteiger partial charge on any atom is 0.231 e. The number of ether oxygens (including phenoxy) is 2. The van der Waals surface area contributed by atoms with Crippen LogP contribution in [0.5, 0.6) is 17.2 Å². The second-order valence-corrected chi connectivity index (χ2v) is 3.43. The molecule has 0 radical (unpaired) electrons. The van der Waals surface area contributed by atoms with Gasteiger partial charge in [-0.05, 0) is 23.6 Å². The van der Waals surface area contributed by atoms with Crippen LogP contribution in [0, 0.1) is 0 Å². The molecule has 70 valence electrons. The smallest absolute Gasteiger partial charge is 0.231 e. The van der Waals surface area contributed by atoms with Gasteiger partial charge in [-0.15, -0.1) is 0 Å². The third-order valence-electron chi connectivity index (χ3n) is 2.14. The Morgan fingerprint density at radius 2 is 2.08 bits per heavy atom. The van der Waals surface area contributed by atoms with Crippen LogP contribution < -0.4 is 9.47 Å². The average Bonchev–Trinajstić information content (AvgIpc) is 2.51. The fraction of sp³-hybridized carbons (Fsp3) is 0.400. The zero-order valence-corrected chi connectivity index (χ0v) is 7.70. The number of hydrogen-bond acceptors (Lipinski definition) is 3. The largest absolute Gasteiger partial charge is 0.504 e. The van der Waals surface area contributed by atoms with E-state index in [4.69, 9.17) is 9.47 Å². The van der Waals surface area contributed by atoms with Crippen molar-refractivity contribution in [2.45, 2.75) is 19.8 Å². The van der Waals surface area contributed by atoms with Gasteiger partial charge in [0.1, 0.15) is 0 Å². The summed E-state index contributed by atoms with van der Waals surface area (Å²) in [6, 6.07) is 3.63. The zero-order chi connectivity index (χ0) is 9.42. The molecule has 0 aliphatic carbocycles. The van der Waals surface area contributed by atoms with Crippen LogP contribution in [0.2, 0.25) is 0 Å². The fourth-order valence-corrected chi connectivity index (χ4v) is 1.35. The van der Waals surface area contributed by atoms with Gasteiger partial charge in [0.05, 0.1) is 0 Å². The first-order valence-electron chi connectivity index (χ1n) is 4.31. The maximum atomic E-state index is 9.56. The van der Waals surface area contributed by atoms with Gasteiger partial charge < -0.3 is 14.6 Å². The molecule has 1 aliphatic heterocycles. The van der Waals surface area contributed by atoms with Crippen LogP contribution >= 0.6 is 0 Å². The molecule has 1 aromatic rings. The second-order valence-electron chi connectivity index (χ2n) is 3.43. The van der Waals surface area contributed by atoms with Gasteiger partial charge in [0.2, 0.25) is 12.5 Å². The first kappa shape index (κ1) is 8.23. The standard InChI is InChI=1S/C10H12O3/c1-6(2)7-3-8(11)10-9(4-7)12-5-13-10/h3-4,6,11H,5H2,1-2H3. The van der Waals surface area contributed by atoms with Crippen molar-refractivity contribution in [1.29, 1.82) is 0 Å². The highest BCUT2D eigenvalue weighted by Gasteiger charge is 2.19. The first-order valence-corrected chi connectivity index (χ1v) is 4.31. The lowest BCUT2D eigenvalue weighted by atomic mass is 10.0. The van der Waals surface area contributed by atoms with Crippen LogP contribution in [-0.2, 0) is 0 Å². The molecule has 13 heavy (non-hydrogen) atoms. The van der Waals surface area contributed by atoms with Crippen LogP contribution in [0.15, 0.2) is 12.1 Å². The Morgan fingerprint density at radius 3 is 2.77 bits per heavy atom. The summed E-state index contributed by atoms with van der Waals surface area (Å²) < 4.78 is 10.3. The number of fused-ring (bicyclic) bond motifs is 1. The lowest BCUT2D eigenvalue weighted by molar-refractivity contribution is 0.171. The lowest BCUT2D eigenvalue weighted by Crippen LogP contribution is -1.93. The summed E-state index contributed by atoms with van der Waals surface area (Å²) in [5, 5.41) is 9.56. The second kappa shape index (κ2) is 2.83. The quantitative estimate of drug-likeness (QED) is 0.720. The van der Waals surface area contributed by atoms with E-state index in [9.17, 15) is 5.11 Å². The van der Waals surface area contributed by atoms with Crippen molar-refractivity contribution in [3.63, 3.8) is 0 Å². The van der Waals surface area contributed by atoms with E-state index >= 15 is 0 Å². The Morgan fingerprint density at radius 1 is 1.31 bits per heavy atom. The van der Waals surface area contributed by atoms with Gasteiger partial charge in [0.15, 0.2) is 11.5 Å². The summed E-state index contributed by atoms with van der Waals surface area (Å²) in [4.78, 5) is 0. The van der Waals surface area contributed by atoms with Crippen molar-refractivity contribution in [3.05, 3.63) is 17.7 Å². The molecule has 1 N–H and O–H groups in total. The fourth-order valence-electron chi connectivity index (χ4n) is 1.35. The number of phenols is 1. The minimum Gasteiger partial charge on any atom is -0.504 e. The SMILES string of the molecule is CC(C)c1cc(O)c2c(c1)OCO2. The minimum absolute atomic E-state index is 0.165. The van der Waals surface area contributed by atoms with E-state index in [1.807, 2.05) is 6.07 Å². The number of aromatic hydroxyl groups is 1. The number of phenolic OH excluding ortho intramolecular Hbond substituents is 1. The third-order valence-corrected chi connectivity index (χ3v) is 2.14. The summed E-state index contributed by atoms with van der Waals surface area (Å²) in [5.41, 5.74) is 1.06. The summed E-state index contributed by atoms with van der Waals surface area (Å²) in [5.74, 6) is 1.65. The van der Waals surface area contributed by atoms with E-state index in [0.29, 0.717) is 17.4 Å². The molecule has 0 bridgehead atoms. The number of benzene rings is 1. The molecule has 2 rings (SSSR count). The van der Waals surface area contributed by atoms with Gasteiger partial charge in [-0.25, -0.2) is 0 Å². The predicted molar refractivity (Wildman–Crippen MR) is 48.3 cm³/mol. The molecule has 0 aromatic heterocycles. The molecule has 3 heteroatoms. The predicted octanol–water partition coefficient (Wildman–Crippen LogP) is 2.24. The van der Waals surface area contributed by atoms with Gasteiger partial charge in [0, 0.05) is 0 Å². The molecule has 0 saturated carbocycles. The summed E-state index contributed by atoms with van der Waals surface area (Å²) in [6.07, 6.45) is 0. The molecule has 0 amide bonds. The van der Waals surface area contributed by atoms with Crippen LogP contribution in [0.25, 0.3) is 0 Å². The third kappa shape index (κ3) is 1.30. The number of hydrogen-bond donors (Lipinski definition) is 1. The maximum absolute atomic E-state index is 9.56. The Kier molecular flexibility index (Phi) is 1.79. The van der Waals surface area contributed by atoms with Crippen LogP contribution in [0.1, 0.15) is 25.3 Å². The Bertz CT molecular complexity index is 331. The first-order chi connectivity index (χ1) is 6.18. The van der Waals surface area contributed by atoms with E-state index in [0.717, 1.165) is 5.56 Å². The highest BCUT2D eigenvalue weighted by molar-refractivity contribution is 5.54. The zero-order valence-electron chi connectivity index (χ0n) is 7.70. The Labute approximate surface area is 76.9 Å². The van der Waals surface area contributed by atoms with Gasteiger partial charge in [-0.2, -0.15) is 0 Å². The highest BCUT2D eigenvalue weighted by atomic mass is 16.7. The molecule has 0 spiro atoms. The molecule has 3 nitrogen and oxygen atoms in total. The monoisotopic (exact) mass is 180 g/mol. The van der Waals surface area contributed by atoms with Crippen molar-refractivity contribution in [1.82, 2.24) is 0 Å². The molecule has 1 heterocycles. The molecule has 1 aromatic carbocycles. The highest BCUT2D eigenvalue weighted by Crippen LogP contribution is 2.42. The molecular formula is C10H12O3. The van der Waals surface area contributed by atoms with Gasteiger partial charge in [-0.1, -0.05) is 13.8 Å². The van der Waals surface area contributed by atoms with Crippen molar-refractivity contribution >= 4 is 0 Å². The minimum atomic E-state index is 0.165.